The summed E-state index contributed by atoms with van der Waals surface area (Å²) in [5.41, 5.74) is -1.19. The van der Waals surface area contributed by atoms with Gasteiger partial charge in [-0.25, -0.2) is 0 Å². The van der Waals surface area contributed by atoms with Gasteiger partial charge in [0.1, 0.15) is 0 Å². The maximum absolute atomic E-state index is 11.3. The Kier molecular flexibility index (Phi) is 4.21. The third kappa shape index (κ3) is 3.27. The quantitative estimate of drug-likeness (QED) is 0.599. The van der Waals surface area contributed by atoms with Crippen LogP contribution in [0.4, 0.5) is 5.69 Å². The lowest BCUT2D eigenvalue weighted by atomic mass is 9.78. The van der Waals surface area contributed by atoms with Crippen molar-refractivity contribution in [2.75, 3.05) is 0 Å². The molecular formula is C12H13NO6. The Morgan fingerprint density at radius 3 is 2.16 bits per heavy atom. The number of nitro benzene ring substituents is 1. The zero-order valence-electron chi connectivity index (χ0n) is 10.2. The zero-order chi connectivity index (χ0) is 14.6. The summed E-state index contributed by atoms with van der Waals surface area (Å²) in [5.74, 6) is -2.25. The number of nitro groups is 1. The van der Waals surface area contributed by atoms with E-state index in [1.807, 2.05) is 0 Å². The number of non-ortho nitro benzene ring substituents is 1. The second kappa shape index (κ2) is 5.47. The van der Waals surface area contributed by atoms with E-state index in [4.69, 9.17) is 5.11 Å². The number of hydrogen-bond donors (Lipinski definition) is 2. The molecule has 7 nitrogen and oxygen atoms in total. The highest BCUT2D eigenvalue weighted by Gasteiger charge is 2.35. The van der Waals surface area contributed by atoms with Crippen molar-refractivity contribution in [2.24, 2.45) is 0 Å². The fourth-order valence-electron chi connectivity index (χ4n) is 1.68. The molecule has 0 radical (unpaired) electrons. The Morgan fingerprint density at radius 2 is 1.79 bits per heavy atom. The molecule has 0 amide bonds. The first-order valence-corrected chi connectivity index (χ1v) is 5.47. The fraction of sp³-hybridized carbons (Fsp3) is 0.333. The Bertz CT molecular complexity index is 509. The number of carboxylic acid groups (broad SMARTS) is 2. The summed E-state index contributed by atoms with van der Waals surface area (Å²) >= 11 is 0. The number of rotatable bonds is 6. The van der Waals surface area contributed by atoms with Crippen molar-refractivity contribution >= 4 is 17.6 Å². The minimum atomic E-state index is -1.38. The van der Waals surface area contributed by atoms with Crippen LogP contribution < -0.4 is 0 Å². The number of hydrogen-bond acceptors (Lipinski definition) is 4. The van der Waals surface area contributed by atoms with Gasteiger partial charge in [0, 0.05) is 18.6 Å². The highest BCUT2D eigenvalue weighted by Crippen LogP contribution is 2.30. The van der Waals surface area contributed by atoms with E-state index in [2.05, 4.69) is 0 Å². The number of aliphatic carboxylic acids is 2. The van der Waals surface area contributed by atoms with Crippen LogP contribution >= 0.6 is 0 Å². The van der Waals surface area contributed by atoms with Crippen molar-refractivity contribution in [1.29, 1.82) is 0 Å². The summed E-state index contributed by atoms with van der Waals surface area (Å²) in [5, 5.41) is 28.4. The molecule has 1 atom stereocenters. The molecule has 1 unspecified atom stereocenters. The smallest absolute Gasteiger partial charge is 0.313 e. The molecule has 0 heterocycles. The van der Waals surface area contributed by atoms with Gasteiger partial charge in [-0.3, -0.25) is 19.7 Å². The van der Waals surface area contributed by atoms with Gasteiger partial charge in [0.15, 0.2) is 0 Å². The molecule has 0 aliphatic heterocycles. The Balaban J connectivity index is 3.08. The molecule has 2 N–H and O–H groups in total. The Morgan fingerprint density at radius 1 is 1.26 bits per heavy atom. The molecule has 0 aromatic heterocycles. The second-order valence-electron chi connectivity index (χ2n) is 4.33. The molecule has 0 fully saturated rings. The molecule has 0 saturated carbocycles. The lowest BCUT2D eigenvalue weighted by Gasteiger charge is -2.24. The molecule has 0 aliphatic rings. The van der Waals surface area contributed by atoms with Crippen LogP contribution in [0, 0.1) is 10.1 Å². The summed E-state index contributed by atoms with van der Waals surface area (Å²) in [4.78, 5) is 31.8. The predicted octanol–water partition coefficient (Wildman–Crippen LogP) is 1.80. The van der Waals surface area contributed by atoms with Crippen molar-refractivity contribution in [3.05, 3.63) is 39.9 Å². The first-order chi connectivity index (χ1) is 8.77. The summed E-state index contributed by atoms with van der Waals surface area (Å²) in [7, 11) is 0. The third-order valence-electron chi connectivity index (χ3n) is 3.03. The maximum atomic E-state index is 11.3. The van der Waals surface area contributed by atoms with E-state index in [9.17, 15) is 24.8 Å². The van der Waals surface area contributed by atoms with Gasteiger partial charge in [-0.05, 0) is 18.9 Å². The van der Waals surface area contributed by atoms with Gasteiger partial charge in [-0.1, -0.05) is 12.1 Å². The van der Waals surface area contributed by atoms with E-state index in [0.29, 0.717) is 5.56 Å². The normalized spacial score (nSPS) is 13.5. The monoisotopic (exact) mass is 267 g/mol. The second-order valence-corrected chi connectivity index (χ2v) is 4.33. The van der Waals surface area contributed by atoms with Crippen LogP contribution in [0.25, 0.3) is 0 Å². The summed E-state index contributed by atoms with van der Waals surface area (Å²) in [6.07, 6.45) is -0.380. The molecule has 7 heteroatoms. The molecule has 1 aromatic carbocycles. The number of carboxylic acids is 2. The van der Waals surface area contributed by atoms with Gasteiger partial charge >= 0.3 is 11.9 Å². The first-order valence-electron chi connectivity index (χ1n) is 5.47. The Hall–Kier alpha value is -2.44. The first kappa shape index (κ1) is 14.6. The molecule has 19 heavy (non-hydrogen) atoms. The lowest BCUT2D eigenvalue weighted by molar-refractivity contribution is -0.384. The van der Waals surface area contributed by atoms with E-state index in [1.54, 1.807) is 0 Å². The standard InChI is InChI=1S/C12H13NO6/c1-12(11(16)17,7-6-10(14)15)8-2-4-9(5-3-8)13(18)19/h2-5H,6-7H2,1H3,(H,14,15)(H,16,17). The van der Waals surface area contributed by atoms with Crippen molar-refractivity contribution in [3.8, 4) is 0 Å². The van der Waals surface area contributed by atoms with E-state index in [-0.39, 0.29) is 18.5 Å². The van der Waals surface area contributed by atoms with Crippen LogP contribution in [-0.4, -0.2) is 27.1 Å². The van der Waals surface area contributed by atoms with Crippen LogP contribution in [0.5, 0.6) is 0 Å². The number of nitrogens with zero attached hydrogens (tertiary/aromatic N) is 1. The van der Waals surface area contributed by atoms with Gasteiger partial charge in [0.05, 0.1) is 10.3 Å². The average molecular weight is 267 g/mol. The van der Waals surface area contributed by atoms with Crippen LogP contribution in [0.15, 0.2) is 24.3 Å². The van der Waals surface area contributed by atoms with Gasteiger partial charge in [0.25, 0.3) is 5.69 Å². The molecule has 102 valence electrons. The molecule has 0 aliphatic carbocycles. The predicted molar refractivity (Wildman–Crippen MR) is 65.0 cm³/mol. The van der Waals surface area contributed by atoms with Gasteiger partial charge in [-0.15, -0.1) is 0 Å². The van der Waals surface area contributed by atoms with Crippen molar-refractivity contribution in [3.63, 3.8) is 0 Å². The van der Waals surface area contributed by atoms with E-state index in [1.165, 1.54) is 31.2 Å². The van der Waals surface area contributed by atoms with Gasteiger partial charge in [0.2, 0.25) is 0 Å². The fourth-order valence-corrected chi connectivity index (χ4v) is 1.68. The van der Waals surface area contributed by atoms with Gasteiger partial charge in [-0.2, -0.15) is 0 Å². The van der Waals surface area contributed by atoms with Crippen LogP contribution in [-0.2, 0) is 15.0 Å². The molecule has 0 spiro atoms. The molecule has 1 rings (SSSR count). The topological polar surface area (TPSA) is 118 Å². The summed E-state index contributed by atoms with van der Waals surface area (Å²) in [6.45, 7) is 1.40. The SMILES string of the molecule is CC(CCC(=O)O)(C(=O)O)c1ccc([N+](=O)[O-])cc1. The van der Waals surface area contributed by atoms with E-state index < -0.39 is 22.3 Å². The zero-order valence-corrected chi connectivity index (χ0v) is 10.2. The van der Waals surface area contributed by atoms with Crippen molar-refractivity contribution < 1.29 is 24.7 Å². The third-order valence-corrected chi connectivity index (χ3v) is 3.03. The Labute approximate surface area is 108 Å². The van der Waals surface area contributed by atoms with E-state index in [0.717, 1.165) is 0 Å². The minimum absolute atomic E-state index is 0.0878. The van der Waals surface area contributed by atoms with Crippen LogP contribution in [0.1, 0.15) is 25.3 Å². The maximum Gasteiger partial charge on any atom is 0.313 e. The van der Waals surface area contributed by atoms with Crippen molar-refractivity contribution in [2.45, 2.75) is 25.2 Å². The number of benzene rings is 1. The molecule has 0 bridgehead atoms. The van der Waals surface area contributed by atoms with Crippen molar-refractivity contribution in [1.82, 2.24) is 0 Å². The van der Waals surface area contributed by atoms with Gasteiger partial charge < -0.3 is 10.2 Å². The van der Waals surface area contributed by atoms with E-state index >= 15 is 0 Å². The molecule has 0 saturated heterocycles. The summed E-state index contributed by atoms with van der Waals surface area (Å²) < 4.78 is 0. The lowest BCUT2D eigenvalue weighted by Crippen LogP contribution is -2.33. The van der Waals surface area contributed by atoms with Crippen LogP contribution in [0.2, 0.25) is 0 Å². The highest BCUT2D eigenvalue weighted by atomic mass is 16.6. The minimum Gasteiger partial charge on any atom is -0.481 e. The molecule has 1 aromatic rings. The average Bonchev–Trinajstić information content (AvgIpc) is 2.35. The largest absolute Gasteiger partial charge is 0.481 e. The van der Waals surface area contributed by atoms with Crippen LogP contribution in [0.3, 0.4) is 0 Å². The number of carbonyl (C=O) groups is 2. The highest BCUT2D eigenvalue weighted by molar-refractivity contribution is 5.81. The summed E-state index contributed by atoms with van der Waals surface area (Å²) in [6, 6.07) is 5.09. The molecular weight excluding hydrogens is 254 g/mol.